The van der Waals surface area contributed by atoms with Gasteiger partial charge in [-0.25, -0.2) is 0 Å². The van der Waals surface area contributed by atoms with Crippen LogP contribution in [0.4, 0.5) is 0 Å². The summed E-state index contributed by atoms with van der Waals surface area (Å²) in [5.41, 5.74) is 5.53. The quantitative estimate of drug-likeness (QED) is 0.399. The van der Waals surface area contributed by atoms with Crippen LogP contribution in [0.5, 0.6) is 5.75 Å². The fourth-order valence-corrected chi connectivity index (χ4v) is 4.33. The van der Waals surface area contributed by atoms with E-state index in [1.54, 1.807) is 18.3 Å². The van der Waals surface area contributed by atoms with E-state index >= 15 is 0 Å². The third-order valence-corrected chi connectivity index (χ3v) is 6.04. The molecule has 5 rings (SSSR count). The topological polar surface area (TPSA) is 111 Å². The third-order valence-electron chi connectivity index (χ3n) is 6.04. The number of hydrogen-bond donors (Lipinski definition) is 4. The van der Waals surface area contributed by atoms with Crippen molar-refractivity contribution in [2.45, 2.75) is 25.4 Å². The summed E-state index contributed by atoms with van der Waals surface area (Å²) < 4.78 is 5.62. The number of rotatable bonds is 5. The number of nitrogens with zero attached hydrogens (tertiary/aromatic N) is 1. The lowest BCUT2D eigenvalue weighted by Crippen LogP contribution is -2.30. The number of carbonyl (C=O) groups excluding carboxylic acids is 1. The molecule has 7 nitrogen and oxygen atoms in total. The van der Waals surface area contributed by atoms with Crippen molar-refractivity contribution >= 4 is 16.7 Å². The highest BCUT2D eigenvalue weighted by Gasteiger charge is 2.39. The molecule has 1 atom stereocenters. The number of fused-ring (bicyclic) bond motifs is 4. The van der Waals surface area contributed by atoms with Gasteiger partial charge in [-0.15, -0.1) is 0 Å². The molecule has 0 spiro atoms. The van der Waals surface area contributed by atoms with Crippen molar-refractivity contribution in [2.24, 2.45) is 0 Å². The monoisotopic (exact) mass is 417 g/mol. The summed E-state index contributed by atoms with van der Waals surface area (Å²) in [6.45, 7) is 3.78. The molecular formula is C24H23N3O4. The van der Waals surface area contributed by atoms with Crippen LogP contribution in [0.2, 0.25) is 0 Å². The number of nitrogens with one attached hydrogen (secondary N) is 2. The maximum atomic E-state index is 13.5. The molecule has 0 amide bonds. The van der Waals surface area contributed by atoms with Crippen LogP contribution in [-0.2, 0) is 5.41 Å². The molecule has 1 aliphatic carbocycles. The number of carbonyl (C=O) groups is 1. The van der Waals surface area contributed by atoms with Gasteiger partial charge in [0.25, 0.3) is 0 Å². The number of hydrogen-bond acceptors (Lipinski definition) is 5. The van der Waals surface area contributed by atoms with Crippen LogP contribution in [-0.4, -0.2) is 50.5 Å². The predicted octanol–water partition coefficient (Wildman–Crippen LogP) is 3.16. The van der Waals surface area contributed by atoms with Crippen LogP contribution >= 0.6 is 0 Å². The maximum absolute atomic E-state index is 13.5. The van der Waals surface area contributed by atoms with E-state index in [0.29, 0.717) is 16.9 Å². The molecule has 2 heterocycles. The van der Waals surface area contributed by atoms with Crippen LogP contribution in [0.25, 0.3) is 22.0 Å². The van der Waals surface area contributed by atoms with E-state index in [2.05, 4.69) is 29.0 Å². The van der Waals surface area contributed by atoms with E-state index in [-0.39, 0.29) is 19.0 Å². The molecule has 0 saturated carbocycles. The van der Waals surface area contributed by atoms with E-state index in [0.717, 1.165) is 33.3 Å². The fourth-order valence-electron chi connectivity index (χ4n) is 4.33. The molecule has 4 aromatic rings. The van der Waals surface area contributed by atoms with Gasteiger partial charge >= 0.3 is 0 Å². The average Bonchev–Trinajstić information content (AvgIpc) is 3.44. The largest absolute Gasteiger partial charge is 0.491 e. The van der Waals surface area contributed by atoms with Crippen LogP contribution < -0.4 is 4.74 Å². The zero-order chi connectivity index (χ0) is 21.8. The Balaban J connectivity index is 1.60. The zero-order valence-electron chi connectivity index (χ0n) is 17.3. The molecule has 0 saturated heterocycles. The number of ether oxygens (including phenoxy) is 1. The highest BCUT2D eigenvalue weighted by atomic mass is 16.5. The zero-order valence-corrected chi connectivity index (χ0v) is 17.3. The summed E-state index contributed by atoms with van der Waals surface area (Å²) >= 11 is 0. The third kappa shape index (κ3) is 3.05. The van der Waals surface area contributed by atoms with E-state index in [1.807, 2.05) is 30.5 Å². The number of ketones is 1. The van der Waals surface area contributed by atoms with Crippen molar-refractivity contribution in [2.75, 3.05) is 13.2 Å². The second-order valence-corrected chi connectivity index (χ2v) is 8.43. The first-order valence-corrected chi connectivity index (χ1v) is 10.2. The second kappa shape index (κ2) is 7.08. The molecule has 0 aliphatic heterocycles. The summed E-state index contributed by atoms with van der Waals surface area (Å²) in [4.78, 5) is 17.0. The van der Waals surface area contributed by atoms with E-state index in [9.17, 15) is 9.90 Å². The van der Waals surface area contributed by atoms with Gasteiger partial charge in [0.2, 0.25) is 0 Å². The van der Waals surface area contributed by atoms with E-state index in [4.69, 9.17) is 9.84 Å². The summed E-state index contributed by atoms with van der Waals surface area (Å²) in [5.74, 6) is 0.530. The molecule has 0 fully saturated rings. The summed E-state index contributed by atoms with van der Waals surface area (Å²) in [6, 6.07) is 11.4. The standard InChI is InChI=1S/C24H23N3O4/c1-24(2)19-8-16(31-12-15(29)11-28)4-6-17(19)22(30)21-18-5-3-13(14-9-25-26-10-14)7-20(18)27-23(21)24/h3-10,15,27-29H,11-12H2,1-2H3,(H,25,26). The Hall–Kier alpha value is -3.42. The highest BCUT2D eigenvalue weighted by Crippen LogP contribution is 2.45. The van der Waals surface area contributed by atoms with Crippen LogP contribution in [0, 0.1) is 0 Å². The van der Waals surface area contributed by atoms with Gasteiger partial charge in [-0.05, 0) is 35.4 Å². The van der Waals surface area contributed by atoms with Crippen molar-refractivity contribution in [1.82, 2.24) is 15.2 Å². The van der Waals surface area contributed by atoms with Gasteiger partial charge in [0.05, 0.1) is 18.4 Å². The second-order valence-electron chi connectivity index (χ2n) is 8.43. The molecule has 158 valence electrons. The van der Waals surface area contributed by atoms with Gasteiger partial charge in [0.15, 0.2) is 5.78 Å². The van der Waals surface area contributed by atoms with Crippen molar-refractivity contribution in [3.8, 4) is 16.9 Å². The Bertz CT molecular complexity index is 1290. The van der Waals surface area contributed by atoms with E-state index in [1.165, 1.54) is 0 Å². The summed E-state index contributed by atoms with van der Waals surface area (Å²) in [7, 11) is 0. The lowest BCUT2D eigenvalue weighted by Gasteiger charge is -2.32. The normalized spacial score (nSPS) is 15.5. The van der Waals surface area contributed by atoms with Crippen molar-refractivity contribution < 1.29 is 19.7 Å². The van der Waals surface area contributed by atoms with Crippen molar-refractivity contribution in [3.63, 3.8) is 0 Å². The van der Waals surface area contributed by atoms with Gasteiger partial charge in [-0.2, -0.15) is 5.10 Å². The molecule has 4 N–H and O–H groups in total. The molecule has 1 aliphatic rings. The summed E-state index contributed by atoms with van der Waals surface area (Å²) in [5, 5.41) is 26.3. The number of H-pyrrole nitrogens is 2. The molecule has 31 heavy (non-hydrogen) atoms. The minimum Gasteiger partial charge on any atom is -0.491 e. The lowest BCUT2D eigenvalue weighted by atomic mass is 9.71. The van der Waals surface area contributed by atoms with Crippen LogP contribution in [0.15, 0.2) is 48.8 Å². The lowest BCUT2D eigenvalue weighted by molar-refractivity contribution is 0.0535. The molecule has 2 aromatic carbocycles. The molecule has 0 bridgehead atoms. The van der Waals surface area contributed by atoms with Gasteiger partial charge in [0.1, 0.15) is 18.5 Å². The Kier molecular flexibility index (Phi) is 4.46. The van der Waals surface area contributed by atoms with Gasteiger partial charge < -0.3 is 19.9 Å². The number of aliphatic hydroxyl groups excluding tert-OH is 2. The Labute approximate surface area is 178 Å². The predicted molar refractivity (Wildman–Crippen MR) is 116 cm³/mol. The van der Waals surface area contributed by atoms with Gasteiger partial charge in [0, 0.05) is 39.3 Å². The Morgan fingerprint density at radius 3 is 2.74 bits per heavy atom. The first-order chi connectivity index (χ1) is 14.9. The minimum atomic E-state index is -0.949. The average molecular weight is 417 g/mol. The minimum absolute atomic E-state index is 0.0158. The van der Waals surface area contributed by atoms with Crippen LogP contribution in [0.1, 0.15) is 41.0 Å². The molecule has 1 unspecified atom stereocenters. The number of benzene rings is 2. The molecular weight excluding hydrogens is 394 g/mol. The van der Waals surface area contributed by atoms with Gasteiger partial charge in [-0.3, -0.25) is 9.89 Å². The molecule has 7 heteroatoms. The maximum Gasteiger partial charge on any atom is 0.195 e. The van der Waals surface area contributed by atoms with Crippen LogP contribution in [0.3, 0.4) is 0 Å². The number of aromatic nitrogens is 3. The number of aliphatic hydroxyl groups is 2. The first kappa shape index (κ1) is 19.5. The molecule has 2 aromatic heterocycles. The first-order valence-electron chi connectivity index (χ1n) is 10.2. The van der Waals surface area contributed by atoms with Crippen molar-refractivity contribution in [3.05, 3.63) is 71.2 Å². The number of aromatic amines is 2. The van der Waals surface area contributed by atoms with Gasteiger partial charge in [-0.1, -0.05) is 26.0 Å². The highest BCUT2D eigenvalue weighted by molar-refractivity contribution is 6.20. The Morgan fingerprint density at radius 1 is 1.16 bits per heavy atom. The molecule has 0 radical (unpaired) electrons. The smallest absolute Gasteiger partial charge is 0.195 e. The Morgan fingerprint density at radius 2 is 2.00 bits per heavy atom. The summed E-state index contributed by atoms with van der Waals surface area (Å²) in [6.07, 6.45) is 2.66. The van der Waals surface area contributed by atoms with Crippen molar-refractivity contribution in [1.29, 1.82) is 0 Å². The SMILES string of the molecule is CC1(C)c2cc(OCC(O)CO)ccc2C(=O)c2c1[nH]c1cc(-c3cn[nH]c3)ccc21. The fraction of sp³-hybridized carbons (Fsp3) is 0.250. The van der Waals surface area contributed by atoms with E-state index < -0.39 is 11.5 Å².